The highest BCUT2D eigenvalue weighted by atomic mass is 32.3. The van der Waals surface area contributed by atoms with Crippen LogP contribution in [0.2, 0.25) is 0 Å². The van der Waals surface area contributed by atoms with E-state index in [1.54, 1.807) is 56.1 Å². The van der Waals surface area contributed by atoms with Gasteiger partial charge in [-0.15, -0.1) is 0 Å². The zero-order chi connectivity index (χ0) is 50.2. The van der Waals surface area contributed by atoms with Crippen LogP contribution in [0.25, 0.3) is 0 Å². The summed E-state index contributed by atoms with van der Waals surface area (Å²) in [5.74, 6) is -0.198. The van der Waals surface area contributed by atoms with Gasteiger partial charge in [0.05, 0.1) is 11.2 Å². The van der Waals surface area contributed by atoms with E-state index >= 15 is 8.42 Å². The predicted octanol–water partition coefficient (Wildman–Crippen LogP) is 15.4. The van der Waals surface area contributed by atoms with E-state index in [1.165, 1.54) is 0 Å². The third-order valence-corrected chi connectivity index (χ3v) is 22.7. The lowest BCUT2D eigenvalue weighted by atomic mass is 9.70. The van der Waals surface area contributed by atoms with Gasteiger partial charge in [0, 0.05) is 67.2 Å². The molecule has 0 aliphatic heterocycles. The summed E-state index contributed by atoms with van der Waals surface area (Å²) in [7, 11) is -7.52. The van der Waals surface area contributed by atoms with Crippen LogP contribution in [0.5, 0.6) is 0 Å². The molecule has 0 aromatic heterocycles. The molecule has 2 atom stereocenters. The van der Waals surface area contributed by atoms with Crippen LogP contribution in [0.3, 0.4) is 0 Å². The van der Waals surface area contributed by atoms with Gasteiger partial charge in [-0.25, -0.2) is 3.63 Å². The summed E-state index contributed by atoms with van der Waals surface area (Å²) in [6.45, 7) is 14.9. The molecule has 2 bridgehead atoms. The van der Waals surface area contributed by atoms with Crippen molar-refractivity contribution in [3.8, 4) is 0 Å². The summed E-state index contributed by atoms with van der Waals surface area (Å²) < 4.78 is 37.5. The summed E-state index contributed by atoms with van der Waals surface area (Å²) in [6, 6.07) is 41.4. The Bertz CT molecular complexity index is 2840. The van der Waals surface area contributed by atoms with Gasteiger partial charge in [0.1, 0.15) is 5.78 Å². The zero-order valence-corrected chi connectivity index (χ0v) is 45.1. The number of carbonyl (C=O) groups excluding carboxylic acids is 4. The maximum Gasteiger partial charge on any atom is 0.278 e. The minimum absolute atomic E-state index is 0.00152. The molecule has 0 heterocycles. The standard InChI is InChI=1S/C58H60O7S5/c1-9-40-32-47(18-27-53(40)37(4)59)66-44-12-21-50(22-13-44)70(65-69(63,64)36-58-31-30-43(35-56(58)62)57(58,7)8,51-23-14-45(15-24-51)67-48-19-28-54(38(5)60)41(10-2)33-48)52-25-16-46(17-26-52)68-49-20-29-55(39(6)61)42(11-3)34-49/h12-29,32-34,43H,9-11,30-31,35-36H2,1-8H3. The van der Waals surface area contributed by atoms with Crippen LogP contribution in [0.15, 0.2) is 171 Å². The van der Waals surface area contributed by atoms with Gasteiger partial charge in [0.2, 0.25) is 0 Å². The van der Waals surface area contributed by atoms with Gasteiger partial charge in [0.15, 0.2) is 17.3 Å². The average Bonchev–Trinajstić information content (AvgIpc) is 3.68. The molecule has 7 nitrogen and oxygen atoms in total. The minimum Gasteiger partial charge on any atom is -0.299 e. The Kier molecular flexibility index (Phi) is 15.4. The molecular formula is C58H60O7S5. The van der Waals surface area contributed by atoms with E-state index in [1.807, 2.05) is 144 Å². The molecule has 2 fully saturated rings. The Morgan fingerprint density at radius 2 is 0.871 bits per heavy atom. The van der Waals surface area contributed by atoms with Gasteiger partial charge in [-0.3, -0.25) is 19.2 Å². The van der Waals surface area contributed by atoms with Gasteiger partial charge < -0.3 is 0 Å². The quantitative estimate of drug-likeness (QED) is 0.0727. The summed E-state index contributed by atoms with van der Waals surface area (Å²) in [5, 5.41) is 0. The second kappa shape index (κ2) is 20.8. The number of aryl methyl sites for hydroxylation is 3. The molecule has 0 radical (unpaired) electrons. The van der Waals surface area contributed by atoms with E-state index in [4.69, 9.17) is 3.63 Å². The average molecular weight is 1030 g/mol. The van der Waals surface area contributed by atoms with Crippen LogP contribution in [-0.4, -0.2) is 37.3 Å². The highest BCUT2D eigenvalue weighted by Crippen LogP contribution is 2.71. The van der Waals surface area contributed by atoms with E-state index in [9.17, 15) is 19.2 Å². The fraction of sp³-hybridized carbons (Fsp3) is 0.310. The van der Waals surface area contributed by atoms with Crippen molar-refractivity contribution in [2.45, 2.75) is 138 Å². The number of Topliss-reactive ketones (excluding diaryl/α,β-unsaturated/α-hetero) is 4. The van der Waals surface area contributed by atoms with Gasteiger partial charge >= 0.3 is 0 Å². The SMILES string of the molecule is CCc1cc(Sc2ccc(S(OS(=O)(=O)CC34CCC(CC3=O)C4(C)C)(c3ccc(Sc4ccc(C(C)=O)c(CC)c4)cc3)c3ccc(Sc4ccc(C(C)=O)c(CC)c4)cc3)cc2)ccc1C(C)=O. The molecule has 0 spiro atoms. The van der Waals surface area contributed by atoms with Crippen molar-refractivity contribution in [3.63, 3.8) is 0 Å². The summed E-state index contributed by atoms with van der Waals surface area (Å²) >= 11 is 4.69. The molecular weight excluding hydrogens is 969 g/mol. The second-order valence-electron chi connectivity index (χ2n) is 18.9. The molecule has 2 unspecified atom stereocenters. The predicted molar refractivity (Wildman–Crippen MR) is 285 cm³/mol. The van der Waals surface area contributed by atoms with Crippen LogP contribution in [0.1, 0.15) is 122 Å². The second-order valence-corrected chi connectivity index (χ2v) is 26.8. The number of benzene rings is 6. The molecule has 6 aromatic carbocycles. The highest BCUT2D eigenvalue weighted by molar-refractivity contribution is 8.33. The minimum atomic E-state index is -4.43. The topological polar surface area (TPSA) is 112 Å². The van der Waals surface area contributed by atoms with Crippen molar-refractivity contribution in [1.82, 2.24) is 0 Å². The van der Waals surface area contributed by atoms with Crippen molar-refractivity contribution in [2.24, 2.45) is 16.7 Å². The number of hydrogen-bond donors (Lipinski definition) is 0. The number of fused-ring (bicyclic) bond motifs is 2. The first-order valence-electron chi connectivity index (χ1n) is 23.9. The van der Waals surface area contributed by atoms with E-state index in [2.05, 4.69) is 18.2 Å². The Morgan fingerprint density at radius 1 is 0.543 bits per heavy atom. The smallest absolute Gasteiger partial charge is 0.278 e. The summed E-state index contributed by atoms with van der Waals surface area (Å²) in [6.07, 6.45) is 3.84. The fourth-order valence-electron chi connectivity index (χ4n) is 10.4. The van der Waals surface area contributed by atoms with Crippen molar-refractivity contribution < 1.29 is 31.2 Å². The van der Waals surface area contributed by atoms with E-state index < -0.39 is 37.0 Å². The molecule has 0 saturated heterocycles. The summed E-state index contributed by atoms with van der Waals surface area (Å²) in [5.41, 5.74) is 3.53. The van der Waals surface area contributed by atoms with Crippen molar-refractivity contribution in [2.75, 3.05) is 5.75 Å². The van der Waals surface area contributed by atoms with E-state index in [0.717, 1.165) is 71.7 Å². The van der Waals surface area contributed by atoms with Crippen LogP contribution in [0.4, 0.5) is 0 Å². The lowest BCUT2D eigenvalue weighted by Gasteiger charge is -2.42. The largest absolute Gasteiger partial charge is 0.299 e. The molecule has 0 N–H and O–H groups in total. The summed E-state index contributed by atoms with van der Waals surface area (Å²) in [4.78, 5) is 58.7. The van der Waals surface area contributed by atoms with E-state index in [-0.39, 0.29) is 29.1 Å². The molecule has 2 aliphatic rings. The van der Waals surface area contributed by atoms with Crippen LogP contribution >= 0.6 is 45.6 Å². The molecule has 8 rings (SSSR count). The zero-order valence-electron chi connectivity index (χ0n) is 41.1. The molecule has 12 heteroatoms. The number of rotatable bonds is 19. The molecule has 0 amide bonds. The molecule has 364 valence electrons. The van der Waals surface area contributed by atoms with Gasteiger partial charge in [-0.05, 0) is 200 Å². The lowest BCUT2D eigenvalue weighted by molar-refractivity contribution is -0.128. The first kappa shape index (κ1) is 51.7. The highest BCUT2D eigenvalue weighted by Gasteiger charge is 2.66. The fourth-order valence-corrected chi connectivity index (χ4v) is 19.1. The van der Waals surface area contributed by atoms with Crippen LogP contribution < -0.4 is 0 Å². The van der Waals surface area contributed by atoms with E-state index in [0.29, 0.717) is 44.2 Å². The molecule has 70 heavy (non-hydrogen) atoms. The normalized spacial score (nSPS) is 17.7. The maximum atomic E-state index is 15.2. The van der Waals surface area contributed by atoms with Crippen molar-refractivity contribution in [1.29, 1.82) is 0 Å². The van der Waals surface area contributed by atoms with Crippen molar-refractivity contribution in [3.05, 3.63) is 161 Å². The number of ketones is 4. The van der Waals surface area contributed by atoms with Gasteiger partial charge in [-0.1, -0.05) is 88.1 Å². The monoisotopic (exact) mass is 1030 g/mol. The Labute approximate surface area is 428 Å². The van der Waals surface area contributed by atoms with Crippen LogP contribution in [-0.2, 0) is 37.8 Å². The number of carbonyl (C=O) groups is 4. The maximum absolute atomic E-state index is 15.2. The first-order valence-corrected chi connectivity index (χ1v) is 29.5. The first-order chi connectivity index (χ1) is 33.3. The molecule has 2 saturated carbocycles. The Balaban J connectivity index is 1.25. The Hall–Kier alpha value is -4.69. The number of hydrogen-bond acceptors (Lipinski definition) is 10. The molecule has 6 aromatic rings. The molecule has 2 aliphatic carbocycles. The van der Waals surface area contributed by atoms with Crippen LogP contribution in [0, 0.1) is 16.7 Å². The Morgan fingerprint density at radius 3 is 1.14 bits per heavy atom. The van der Waals surface area contributed by atoms with Gasteiger partial charge in [-0.2, -0.15) is 8.42 Å². The van der Waals surface area contributed by atoms with Crippen molar-refractivity contribution >= 4 is 78.8 Å². The third kappa shape index (κ3) is 10.2. The third-order valence-electron chi connectivity index (χ3n) is 14.5. The lowest BCUT2D eigenvalue weighted by Crippen LogP contribution is -2.42. The van der Waals surface area contributed by atoms with Gasteiger partial charge in [0.25, 0.3) is 10.1 Å².